The zero-order chi connectivity index (χ0) is 13.1. The highest BCUT2D eigenvalue weighted by Gasteiger charge is 2.24. The molecule has 1 saturated heterocycles. The summed E-state index contributed by atoms with van der Waals surface area (Å²) in [5, 5.41) is 7.28. The van der Waals surface area contributed by atoms with Crippen molar-refractivity contribution in [1.82, 2.24) is 15.1 Å². The lowest BCUT2D eigenvalue weighted by molar-refractivity contribution is 0.0712. The topological polar surface area (TPSA) is 56.2 Å². The maximum atomic E-state index is 12.1. The highest BCUT2D eigenvalue weighted by molar-refractivity contribution is 5.95. The molecule has 0 aliphatic carbocycles. The van der Waals surface area contributed by atoms with Gasteiger partial charge in [0.2, 0.25) is 0 Å². The summed E-state index contributed by atoms with van der Waals surface area (Å²) in [6, 6.07) is 0.0457. The van der Waals surface area contributed by atoms with E-state index in [9.17, 15) is 4.79 Å². The van der Waals surface area contributed by atoms with Crippen LogP contribution in [0.4, 0.5) is 0 Å². The molecule has 0 radical (unpaired) electrons. The lowest BCUT2D eigenvalue weighted by Gasteiger charge is -2.19. The van der Waals surface area contributed by atoms with Crippen molar-refractivity contribution in [3.8, 4) is 0 Å². The number of hydrogen-bond donors (Lipinski definition) is 1. The first kappa shape index (κ1) is 13.1. The predicted octanol–water partition coefficient (Wildman–Crippen LogP) is 1.51. The van der Waals surface area contributed by atoms with Crippen LogP contribution in [0.2, 0.25) is 0 Å². The van der Waals surface area contributed by atoms with Crippen LogP contribution in [0.15, 0.2) is 6.20 Å². The fraction of sp³-hybridized carbons (Fsp3) is 0.692. The highest BCUT2D eigenvalue weighted by Crippen LogP contribution is 2.16. The lowest BCUT2D eigenvalue weighted by atomic mass is 10.1. The Morgan fingerprint density at radius 2 is 2.50 bits per heavy atom. The molecule has 0 aromatic carbocycles. The molecule has 2 heterocycles. The Balaban J connectivity index is 1.99. The molecule has 1 fully saturated rings. The molecular formula is C13H21N3O2. The molecule has 1 aromatic rings. The van der Waals surface area contributed by atoms with Gasteiger partial charge in [-0.25, -0.2) is 0 Å². The molecule has 1 aromatic heterocycles. The van der Waals surface area contributed by atoms with Gasteiger partial charge in [0.25, 0.3) is 5.91 Å². The molecule has 5 heteroatoms. The lowest BCUT2D eigenvalue weighted by Crippen LogP contribution is -2.40. The summed E-state index contributed by atoms with van der Waals surface area (Å²) >= 11 is 0. The number of aromatic nitrogens is 2. The van der Waals surface area contributed by atoms with Crippen LogP contribution in [0.5, 0.6) is 0 Å². The van der Waals surface area contributed by atoms with Crippen molar-refractivity contribution >= 4 is 5.91 Å². The van der Waals surface area contributed by atoms with Crippen LogP contribution in [0.3, 0.4) is 0 Å². The summed E-state index contributed by atoms with van der Waals surface area (Å²) in [5.74, 6) is -0.0600. The van der Waals surface area contributed by atoms with Crippen molar-refractivity contribution in [3.63, 3.8) is 0 Å². The minimum atomic E-state index is -0.0600. The maximum absolute atomic E-state index is 12.1. The number of nitrogens with one attached hydrogen (secondary N) is 1. The Morgan fingerprint density at radius 3 is 3.06 bits per heavy atom. The Morgan fingerprint density at radius 1 is 1.72 bits per heavy atom. The second-order valence-electron chi connectivity index (χ2n) is 4.80. The van der Waals surface area contributed by atoms with E-state index in [4.69, 9.17) is 4.74 Å². The largest absolute Gasteiger partial charge is 0.376 e. The predicted molar refractivity (Wildman–Crippen MR) is 68.5 cm³/mol. The van der Waals surface area contributed by atoms with Gasteiger partial charge in [0, 0.05) is 19.3 Å². The van der Waals surface area contributed by atoms with E-state index in [1.807, 2.05) is 20.8 Å². The number of rotatable bonds is 4. The third-order valence-electron chi connectivity index (χ3n) is 3.40. The van der Waals surface area contributed by atoms with Gasteiger partial charge in [0.05, 0.1) is 23.4 Å². The number of carbonyl (C=O) groups is 1. The zero-order valence-corrected chi connectivity index (χ0v) is 11.3. The number of ether oxygens (including phenoxy) is 1. The summed E-state index contributed by atoms with van der Waals surface area (Å²) in [4.78, 5) is 12.1. The van der Waals surface area contributed by atoms with Crippen molar-refractivity contribution < 1.29 is 9.53 Å². The van der Waals surface area contributed by atoms with Crippen LogP contribution in [0.1, 0.15) is 42.7 Å². The highest BCUT2D eigenvalue weighted by atomic mass is 16.5. The Kier molecular flexibility index (Phi) is 4.01. The van der Waals surface area contributed by atoms with Gasteiger partial charge in [0.1, 0.15) is 0 Å². The fourth-order valence-corrected chi connectivity index (χ4v) is 2.28. The van der Waals surface area contributed by atoms with Gasteiger partial charge in [-0.15, -0.1) is 0 Å². The van der Waals surface area contributed by atoms with Gasteiger partial charge in [0.15, 0.2) is 0 Å². The molecule has 1 amide bonds. The van der Waals surface area contributed by atoms with Crippen LogP contribution in [-0.4, -0.2) is 34.4 Å². The van der Waals surface area contributed by atoms with Crippen molar-refractivity contribution in [3.05, 3.63) is 17.5 Å². The summed E-state index contributed by atoms with van der Waals surface area (Å²) in [7, 11) is 0. The minimum Gasteiger partial charge on any atom is -0.376 e. The standard InChI is InChI=1S/C13H21N3O2/c1-4-16-8-11(9(2)15-16)13(17)14-10(3)12-6-5-7-18-12/h8,10,12H,4-7H2,1-3H3,(H,14,17)/t10-,12-/m1/s1. The average Bonchev–Trinajstić information content (AvgIpc) is 2.97. The van der Waals surface area contributed by atoms with E-state index in [0.29, 0.717) is 5.56 Å². The van der Waals surface area contributed by atoms with Crippen LogP contribution < -0.4 is 5.32 Å². The molecule has 18 heavy (non-hydrogen) atoms. The summed E-state index contributed by atoms with van der Waals surface area (Å²) in [6.07, 6.45) is 4.05. The van der Waals surface area contributed by atoms with Gasteiger partial charge < -0.3 is 10.1 Å². The van der Waals surface area contributed by atoms with Crippen LogP contribution in [0, 0.1) is 6.92 Å². The molecule has 2 atom stereocenters. The first-order chi connectivity index (χ1) is 8.61. The third-order valence-corrected chi connectivity index (χ3v) is 3.40. The van der Waals surface area contributed by atoms with Crippen LogP contribution >= 0.6 is 0 Å². The van der Waals surface area contributed by atoms with Crippen molar-refractivity contribution in [2.75, 3.05) is 6.61 Å². The maximum Gasteiger partial charge on any atom is 0.255 e. The molecule has 1 N–H and O–H groups in total. The summed E-state index contributed by atoms with van der Waals surface area (Å²) < 4.78 is 7.35. The van der Waals surface area contributed by atoms with Gasteiger partial charge >= 0.3 is 0 Å². The van der Waals surface area contributed by atoms with E-state index in [1.165, 1.54) is 0 Å². The number of aryl methyl sites for hydroxylation is 2. The van der Waals surface area contributed by atoms with Gasteiger partial charge in [-0.3, -0.25) is 9.48 Å². The molecule has 1 aliphatic rings. The van der Waals surface area contributed by atoms with Crippen molar-refractivity contribution in [2.45, 2.75) is 52.3 Å². The zero-order valence-electron chi connectivity index (χ0n) is 11.3. The Bertz CT molecular complexity index is 422. The minimum absolute atomic E-state index is 0.0457. The van der Waals surface area contributed by atoms with Gasteiger partial charge in [-0.2, -0.15) is 5.10 Å². The van der Waals surface area contributed by atoms with E-state index in [0.717, 1.165) is 31.7 Å². The fourth-order valence-electron chi connectivity index (χ4n) is 2.28. The number of amides is 1. The molecule has 0 unspecified atom stereocenters. The van der Waals surface area contributed by atoms with E-state index in [1.54, 1.807) is 10.9 Å². The Labute approximate surface area is 108 Å². The van der Waals surface area contributed by atoms with E-state index >= 15 is 0 Å². The molecule has 5 nitrogen and oxygen atoms in total. The number of hydrogen-bond acceptors (Lipinski definition) is 3. The second kappa shape index (κ2) is 5.52. The molecular weight excluding hydrogens is 230 g/mol. The van der Waals surface area contributed by atoms with E-state index < -0.39 is 0 Å². The van der Waals surface area contributed by atoms with Gasteiger partial charge in [-0.1, -0.05) is 0 Å². The molecule has 1 aliphatic heterocycles. The molecule has 0 bridgehead atoms. The molecule has 0 spiro atoms. The number of carbonyl (C=O) groups excluding carboxylic acids is 1. The van der Waals surface area contributed by atoms with Crippen LogP contribution in [0.25, 0.3) is 0 Å². The van der Waals surface area contributed by atoms with Crippen LogP contribution in [-0.2, 0) is 11.3 Å². The molecule has 2 rings (SSSR count). The molecule has 0 saturated carbocycles. The van der Waals surface area contributed by atoms with E-state index in [2.05, 4.69) is 10.4 Å². The summed E-state index contributed by atoms with van der Waals surface area (Å²) in [5.41, 5.74) is 1.43. The third kappa shape index (κ3) is 2.72. The molecule has 100 valence electrons. The SMILES string of the molecule is CCn1cc(C(=O)N[C@H](C)[C@H]2CCCO2)c(C)n1. The van der Waals surface area contributed by atoms with E-state index in [-0.39, 0.29) is 18.1 Å². The second-order valence-corrected chi connectivity index (χ2v) is 4.80. The average molecular weight is 251 g/mol. The van der Waals surface area contributed by atoms with Crippen molar-refractivity contribution in [1.29, 1.82) is 0 Å². The van der Waals surface area contributed by atoms with Crippen molar-refractivity contribution in [2.24, 2.45) is 0 Å². The Hall–Kier alpha value is -1.36. The monoisotopic (exact) mass is 251 g/mol. The quantitative estimate of drug-likeness (QED) is 0.882. The smallest absolute Gasteiger partial charge is 0.255 e. The first-order valence-corrected chi connectivity index (χ1v) is 6.58. The first-order valence-electron chi connectivity index (χ1n) is 6.58. The number of nitrogens with zero attached hydrogens (tertiary/aromatic N) is 2. The normalized spacial score (nSPS) is 20.9. The summed E-state index contributed by atoms with van der Waals surface area (Å²) in [6.45, 7) is 7.43. The van der Waals surface area contributed by atoms with Gasteiger partial charge in [-0.05, 0) is 33.6 Å².